The molecule has 7 heteroatoms. The zero-order chi connectivity index (χ0) is 11.4. The third-order valence-electron chi connectivity index (χ3n) is 2.16. The summed E-state index contributed by atoms with van der Waals surface area (Å²) in [6.45, 7) is -1.11. The Morgan fingerprint density at radius 3 is 2.33 bits per heavy atom. The minimum Gasteiger partial charge on any atom is -0.394 e. The van der Waals surface area contributed by atoms with Gasteiger partial charge in [-0.2, -0.15) is 0 Å². The highest BCUT2D eigenvalue weighted by molar-refractivity contribution is 4.86. The van der Waals surface area contributed by atoms with E-state index in [0.717, 1.165) is 0 Å². The normalized spacial score (nSPS) is 38.2. The third-order valence-corrected chi connectivity index (χ3v) is 2.16. The average molecular weight is 224 g/mol. The molecule has 0 aromatic rings. The Morgan fingerprint density at radius 1 is 1.20 bits per heavy atom. The molecule has 0 radical (unpaired) electrons. The Bertz CT molecular complexity index is 188. The van der Waals surface area contributed by atoms with E-state index in [2.05, 4.69) is 0 Å². The molecule has 0 aliphatic carbocycles. The summed E-state index contributed by atoms with van der Waals surface area (Å²) < 4.78 is 9.88. The topological polar surface area (TPSA) is 120 Å². The smallest absolute Gasteiger partial charge is 0.186 e. The number of aliphatic hydroxyl groups is 5. The summed E-state index contributed by atoms with van der Waals surface area (Å²) in [6.07, 6.45) is -5.54. The van der Waals surface area contributed by atoms with Gasteiger partial charge in [-0.1, -0.05) is 0 Å². The van der Waals surface area contributed by atoms with E-state index in [9.17, 15) is 10.2 Å². The van der Waals surface area contributed by atoms with Gasteiger partial charge >= 0.3 is 0 Å². The van der Waals surface area contributed by atoms with E-state index in [1.165, 1.54) is 0 Å². The van der Waals surface area contributed by atoms with E-state index in [-0.39, 0.29) is 6.61 Å². The molecule has 0 amide bonds. The van der Waals surface area contributed by atoms with Crippen LogP contribution in [0.15, 0.2) is 0 Å². The predicted octanol–water partition coefficient (Wildman–Crippen LogP) is -3.20. The molecule has 1 fully saturated rings. The van der Waals surface area contributed by atoms with Gasteiger partial charge in [-0.05, 0) is 0 Å². The zero-order valence-corrected chi connectivity index (χ0v) is 8.06. The van der Waals surface area contributed by atoms with Gasteiger partial charge in [0.1, 0.15) is 24.4 Å². The van der Waals surface area contributed by atoms with E-state index in [1.807, 2.05) is 0 Å². The Balaban J connectivity index is 2.37. The van der Waals surface area contributed by atoms with Crippen LogP contribution >= 0.6 is 0 Å². The van der Waals surface area contributed by atoms with Crippen molar-refractivity contribution in [3.8, 4) is 0 Å². The lowest BCUT2D eigenvalue weighted by atomic mass is 10.1. The molecule has 90 valence electrons. The van der Waals surface area contributed by atoms with Crippen molar-refractivity contribution in [2.24, 2.45) is 0 Å². The molecule has 0 aromatic carbocycles. The van der Waals surface area contributed by atoms with Gasteiger partial charge in [0.05, 0.1) is 19.8 Å². The lowest BCUT2D eigenvalue weighted by molar-refractivity contribution is -0.183. The van der Waals surface area contributed by atoms with Crippen molar-refractivity contribution in [2.75, 3.05) is 19.8 Å². The van der Waals surface area contributed by atoms with E-state index in [4.69, 9.17) is 24.8 Å². The van der Waals surface area contributed by atoms with Crippen LogP contribution in [-0.2, 0) is 9.47 Å². The molecule has 0 spiro atoms. The number of ether oxygens (including phenoxy) is 2. The fraction of sp³-hybridized carbons (Fsp3) is 1.00. The quantitative estimate of drug-likeness (QED) is 0.333. The minimum atomic E-state index is -1.27. The van der Waals surface area contributed by atoms with Gasteiger partial charge in [0.25, 0.3) is 0 Å². The van der Waals surface area contributed by atoms with Crippen LogP contribution in [0.3, 0.4) is 0 Å². The Hall–Kier alpha value is -0.280. The molecular weight excluding hydrogens is 208 g/mol. The molecule has 1 heterocycles. The first-order valence-corrected chi connectivity index (χ1v) is 4.63. The maximum absolute atomic E-state index is 9.39. The molecule has 7 nitrogen and oxygen atoms in total. The monoisotopic (exact) mass is 224 g/mol. The van der Waals surface area contributed by atoms with Crippen LogP contribution in [0, 0.1) is 0 Å². The van der Waals surface area contributed by atoms with E-state index in [0.29, 0.717) is 0 Å². The van der Waals surface area contributed by atoms with Gasteiger partial charge in [-0.15, -0.1) is 0 Å². The van der Waals surface area contributed by atoms with Crippen molar-refractivity contribution in [1.29, 1.82) is 0 Å². The van der Waals surface area contributed by atoms with E-state index in [1.54, 1.807) is 0 Å². The van der Waals surface area contributed by atoms with Crippen LogP contribution in [0.1, 0.15) is 0 Å². The molecule has 0 bridgehead atoms. The summed E-state index contributed by atoms with van der Waals surface area (Å²) in [4.78, 5) is 0. The van der Waals surface area contributed by atoms with Crippen molar-refractivity contribution in [1.82, 2.24) is 0 Å². The minimum absolute atomic E-state index is 0.219. The standard InChI is InChI=1S/C8H16O7/c9-1-4(11)3-14-8-7(13)6(12)5(2-10)15-8/h4-13H,1-3H2/t4?,5-,6-,7-,8?/m1/s1. The van der Waals surface area contributed by atoms with Crippen LogP contribution in [0.5, 0.6) is 0 Å². The van der Waals surface area contributed by atoms with Crippen LogP contribution in [0.2, 0.25) is 0 Å². The first-order chi connectivity index (χ1) is 7.10. The van der Waals surface area contributed by atoms with Crippen molar-refractivity contribution in [2.45, 2.75) is 30.7 Å². The maximum Gasteiger partial charge on any atom is 0.186 e. The lowest BCUT2D eigenvalue weighted by Crippen LogP contribution is -2.35. The van der Waals surface area contributed by atoms with Gasteiger partial charge in [0, 0.05) is 0 Å². The molecule has 0 aromatic heterocycles. The second-order valence-electron chi connectivity index (χ2n) is 3.38. The first kappa shape index (κ1) is 12.8. The molecule has 15 heavy (non-hydrogen) atoms. The highest BCUT2D eigenvalue weighted by Crippen LogP contribution is 2.21. The Labute approximate surface area is 86.5 Å². The van der Waals surface area contributed by atoms with Crippen LogP contribution in [0.25, 0.3) is 0 Å². The van der Waals surface area contributed by atoms with Gasteiger partial charge in [0.2, 0.25) is 0 Å². The fourth-order valence-electron chi connectivity index (χ4n) is 1.26. The number of hydrogen-bond acceptors (Lipinski definition) is 7. The molecule has 0 saturated carbocycles. The summed E-state index contributed by atoms with van der Waals surface area (Å²) >= 11 is 0. The Morgan fingerprint density at radius 2 is 1.87 bits per heavy atom. The van der Waals surface area contributed by atoms with E-state index >= 15 is 0 Å². The molecule has 1 rings (SSSR count). The third kappa shape index (κ3) is 3.08. The summed E-state index contributed by atoms with van der Waals surface area (Å²) in [5.74, 6) is 0. The molecule has 2 unspecified atom stereocenters. The van der Waals surface area contributed by atoms with Gasteiger partial charge < -0.3 is 35.0 Å². The number of rotatable bonds is 5. The van der Waals surface area contributed by atoms with Gasteiger partial charge in [0.15, 0.2) is 6.29 Å². The second kappa shape index (κ2) is 5.71. The highest BCUT2D eigenvalue weighted by atomic mass is 16.7. The summed E-state index contributed by atoms with van der Waals surface area (Å²) in [7, 11) is 0. The highest BCUT2D eigenvalue weighted by Gasteiger charge is 2.43. The maximum atomic E-state index is 9.39. The summed E-state index contributed by atoms with van der Waals surface area (Å²) in [6, 6.07) is 0. The molecular formula is C8H16O7. The molecule has 5 N–H and O–H groups in total. The average Bonchev–Trinajstić information content (AvgIpc) is 2.52. The van der Waals surface area contributed by atoms with Crippen molar-refractivity contribution in [3.05, 3.63) is 0 Å². The van der Waals surface area contributed by atoms with Gasteiger partial charge in [-0.25, -0.2) is 0 Å². The predicted molar refractivity (Wildman–Crippen MR) is 46.8 cm³/mol. The molecule has 1 aliphatic rings. The number of aliphatic hydroxyl groups excluding tert-OH is 5. The first-order valence-electron chi connectivity index (χ1n) is 4.63. The van der Waals surface area contributed by atoms with Crippen LogP contribution in [-0.4, -0.2) is 76.1 Å². The summed E-state index contributed by atoms with van der Waals surface area (Å²) in [5.41, 5.74) is 0. The second-order valence-corrected chi connectivity index (χ2v) is 3.38. The zero-order valence-electron chi connectivity index (χ0n) is 8.06. The van der Waals surface area contributed by atoms with Gasteiger partial charge in [-0.3, -0.25) is 0 Å². The number of hydrogen-bond donors (Lipinski definition) is 5. The SMILES string of the molecule is OCC(O)COC1O[C@H](CO)[C@@H](O)[C@H]1O. The summed E-state index contributed by atoms with van der Waals surface area (Å²) in [5, 5.41) is 44.9. The van der Waals surface area contributed by atoms with Crippen LogP contribution < -0.4 is 0 Å². The van der Waals surface area contributed by atoms with Crippen LogP contribution in [0.4, 0.5) is 0 Å². The fourth-order valence-corrected chi connectivity index (χ4v) is 1.26. The lowest BCUT2D eigenvalue weighted by Gasteiger charge is -2.17. The van der Waals surface area contributed by atoms with Crippen molar-refractivity contribution < 1.29 is 35.0 Å². The Kier molecular flexibility index (Phi) is 4.87. The molecule has 1 aliphatic heterocycles. The molecule has 1 saturated heterocycles. The van der Waals surface area contributed by atoms with Crippen molar-refractivity contribution >= 4 is 0 Å². The van der Waals surface area contributed by atoms with Crippen molar-refractivity contribution in [3.63, 3.8) is 0 Å². The molecule has 5 atom stereocenters. The largest absolute Gasteiger partial charge is 0.394 e. The van der Waals surface area contributed by atoms with E-state index < -0.39 is 43.9 Å².